The number of benzene rings is 1. The van der Waals surface area contributed by atoms with Crippen LogP contribution in [-0.4, -0.2) is 42.4 Å². The van der Waals surface area contributed by atoms with Gasteiger partial charge in [0.2, 0.25) is 17.7 Å². The number of nitrogens with one attached hydrogen (secondary N) is 3. The fourth-order valence-electron chi connectivity index (χ4n) is 2.30. The van der Waals surface area contributed by atoms with Crippen LogP contribution in [0.1, 0.15) is 32.8 Å². The van der Waals surface area contributed by atoms with Gasteiger partial charge in [-0.15, -0.1) is 0 Å². The Morgan fingerprint density at radius 3 is 2.25 bits per heavy atom. The van der Waals surface area contributed by atoms with E-state index < -0.39 is 35.9 Å². The third-order valence-corrected chi connectivity index (χ3v) is 3.74. The molecule has 0 fully saturated rings. The highest BCUT2D eigenvalue weighted by Gasteiger charge is 2.23. The van der Waals surface area contributed by atoms with Gasteiger partial charge in [0.15, 0.2) is 0 Å². The zero-order chi connectivity index (χ0) is 21.1. The van der Waals surface area contributed by atoms with E-state index in [0.29, 0.717) is 6.42 Å². The zero-order valence-corrected chi connectivity index (χ0v) is 16.4. The van der Waals surface area contributed by atoms with Crippen molar-refractivity contribution in [2.75, 3.05) is 6.54 Å². The molecule has 154 valence electrons. The van der Waals surface area contributed by atoms with Crippen LogP contribution < -0.4 is 21.7 Å². The Morgan fingerprint density at radius 1 is 1.04 bits per heavy atom. The minimum absolute atomic E-state index is 0.0808. The summed E-state index contributed by atoms with van der Waals surface area (Å²) in [4.78, 5) is 47.0. The van der Waals surface area contributed by atoms with Crippen LogP contribution in [0.5, 0.6) is 0 Å². The molecule has 0 saturated carbocycles. The van der Waals surface area contributed by atoms with Gasteiger partial charge in [-0.05, 0) is 24.8 Å². The van der Waals surface area contributed by atoms with E-state index in [9.17, 15) is 19.2 Å². The van der Waals surface area contributed by atoms with Gasteiger partial charge < -0.3 is 26.4 Å². The molecule has 0 spiro atoms. The van der Waals surface area contributed by atoms with Crippen molar-refractivity contribution in [1.82, 2.24) is 16.0 Å². The first-order chi connectivity index (χ1) is 13.2. The number of amides is 4. The number of carbonyl (C=O) groups excluding carboxylic acids is 4. The molecule has 0 aromatic heterocycles. The Labute approximate surface area is 164 Å². The smallest absolute Gasteiger partial charge is 0.407 e. The Hall–Kier alpha value is -3.10. The number of hydrogen-bond donors (Lipinski definition) is 4. The molecule has 9 heteroatoms. The largest absolute Gasteiger partial charge is 0.445 e. The summed E-state index contributed by atoms with van der Waals surface area (Å²) in [5.74, 6) is -1.58. The monoisotopic (exact) mass is 392 g/mol. The summed E-state index contributed by atoms with van der Waals surface area (Å²) in [7, 11) is 0. The molecule has 0 bridgehead atoms. The quantitative estimate of drug-likeness (QED) is 0.457. The molecule has 0 aliphatic heterocycles. The van der Waals surface area contributed by atoms with Crippen molar-refractivity contribution in [1.29, 1.82) is 0 Å². The number of carbonyl (C=O) groups is 4. The summed E-state index contributed by atoms with van der Waals surface area (Å²) in [6.07, 6.45) is -0.349. The van der Waals surface area contributed by atoms with E-state index >= 15 is 0 Å². The number of nitrogens with two attached hydrogens (primary N) is 1. The van der Waals surface area contributed by atoms with E-state index in [-0.39, 0.29) is 19.1 Å². The predicted octanol–water partition coefficient (Wildman–Crippen LogP) is 0.434. The second kappa shape index (κ2) is 11.6. The lowest BCUT2D eigenvalue weighted by Crippen LogP contribution is -2.53. The van der Waals surface area contributed by atoms with Crippen molar-refractivity contribution in [2.24, 2.45) is 11.7 Å². The van der Waals surface area contributed by atoms with Gasteiger partial charge in [0, 0.05) is 0 Å². The Balaban J connectivity index is 2.35. The molecule has 1 aromatic carbocycles. The first kappa shape index (κ1) is 22.9. The molecule has 0 aliphatic rings. The first-order valence-corrected chi connectivity index (χ1v) is 9.02. The predicted molar refractivity (Wildman–Crippen MR) is 103 cm³/mol. The normalized spacial score (nSPS) is 12.6. The van der Waals surface area contributed by atoms with E-state index in [4.69, 9.17) is 10.5 Å². The fraction of sp³-hybridized carbons (Fsp3) is 0.474. The molecule has 9 nitrogen and oxygen atoms in total. The maximum absolute atomic E-state index is 12.1. The van der Waals surface area contributed by atoms with Crippen LogP contribution in [0.25, 0.3) is 0 Å². The van der Waals surface area contributed by atoms with Crippen molar-refractivity contribution < 1.29 is 23.9 Å². The maximum Gasteiger partial charge on any atom is 0.407 e. The Morgan fingerprint density at radius 2 is 1.68 bits per heavy atom. The molecule has 1 aromatic rings. The lowest BCUT2D eigenvalue weighted by Gasteiger charge is -2.20. The highest BCUT2D eigenvalue weighted by atomic mass is 16.5. The second-order valence-corrected chi connectivity index (χ2v) is 6.80. The molecule has 0 aliphatic carbocycles. The summed E-state index contributed by atoms with van der Waals surface area (Å²) in [6.45, 7) is 4.99. The van der Waals surface area contributed by atoms with E-state index in [0.717, 1.165) is 5.56 Å². The first-order valence-electron chi connectivity index (χ1n) is 9.02. The third-order valence-electron chi connectivity index (χ3n) is 3.74. The minimum Gasteiger partial charge on any atom is -0.445 e. The van der Waals surface area contributed by atoms with Gasteiger partial charge in [-0.1, -0.05) is 44.2 Å². The van der Waals surface area contributed by atoms with Crippen LogP contribution in [0.15, 0.2) is 30.3 Å². The van der Waals surface area contributed by atoms with Crippen LogP contribution in [-0.2, 0) is 25.7 Å². The summed E-state index contributed by atoms with van der Waals surface area (Å²) < 4.78 is 4.99. The number of primary amides is 1. The van der Waals surface area contributed by atoms with E-state index in [1.54, 1.807) is 12.1 Å². The highest BCUT2D eigenvalue weighted by molar-refractivity contribution is 5.92. The Kier molecular flexibility index (Phi) is 9.49. The van der Waals surface area contributed by atoms with Crippen molar-refractivity contribution in [3.63, 3.8) is 0 Å². The molecule has 0 unspecified atom stereocenters. The molecule has 1 rings (SSSR count). The van der Waals surface area contributed by atoms with Gasteiger partial charge in [0.1, 0.15) is 25.2 Å². The zero-order valence-electron chi connectivity index (χ0n) is 16.4. The van der Waals surface area contributed by atoms with Crippen molar-refractivity contribution >= 4 is 23.8 Å². The SMILES string of the molecule is CC(C)C[C@H](NC(=O)[C@H](C)NC(=O)CNC(=O)OCc1ccccc1)C(N)=O. The lowest BCUT2D eigenvalue weighted by atomic mass is 10.0. The standard InChI is InChI=1S/C19H28N4O5/c1-12(2)9-15(17(20)25)23-18(26)13(3)22-16(24)10-21-19(27)28-11-14-7-5-4-6-8-14/h4-8,12-13,15H,9-11H2,1-3H3,(H2,20,25)(H,21,27)(H,22,24)(H,23,26)/t13-,15-/m0/s1. The summed E-state index contributed by atoms with van der Waals surface area (Å²) in [5.41, 5.74) is 6.10. The van der Waals surface area contributed by atoms with Crippen LogP contribution >= 0.6 is 0 Å². The van der Waals surface area contributed by atoms with Crippen molar-refractivity contribution in [3.8, 4) is 0 Å². The molecule has 2 atom stereocenters. The molecule has 28 heavy (non-hydrogen) atoms. The number of rotatable bonds is 10. The van der Waals surface area contributed by atoms with E-state index in [2.05, 4.69) is 16.0 Å². The van der Waals surface area contributed by atoms with Crippen LogP contribution in [0.2, 0.25) is 0 Å². The average Bonchev–Trinajstić information content (AvgIpc) is 2.64. The number of ether oxygens (including phenoxy) is 1. The van der Waals surface area contributed by atoms with Gasteiger partial charge >= 0.3 is 6.09 Å². The molecule has 5 N–H and O–H groups in total. The van der Waals surface area contributed by atoms with Crippen LogP contribution in [0, 0.1) is 5.92 Å². The minimum atomic E-state index is -0.899. The summed E-state index contributed by atoms with van der Waals surface area (Å²) in [5, 5.41) is 7.25. The number of hydrogen-bond acceptors (Lipinski definition) is 5. The van der Waals surface area contributed by atoms with Gasteiger partial charge in [0.05, 0.1) is 0 Å². The van der Waals surface area contributed by atoms with Gasteiger partial charge in [0.25, 0.3) is 0 Å². The summed E-state index contributed by atoms with van der Waals surface area (Å²) in [6, 6.07) is 7.39. The second-order valence-electron chi connectivity index (χ2n) is 6.80. The fourth-order valence-corrected chi connectivity index (χ4v) is 2.30. The molecule has 0 saturated heterocycles. The third kappa shape index (κ3) is 9.02. The molecular formula is C19H28N4O5. The van der Waals surface area contributed by atoms with Crippen molar-refractivity contribution in [3.05, 3.63) is 35.9 Å². The van der Waals surface area contributed by atoms with Gasteiger partial charge in [-0.25, -0.2) is 4.79 Å². The molecule has 0 heterocycles. The summed E-state index contributed by atoms with van der Waals surface area (Å²) >= 11 is 0. The van der Waals surface area contributed by atoms with Crippen LogP contribution in [0.4, 0.5) is 4.79 Å². The van der Waals surface area contributed by atoms with Gasteiger partial charge in [-0.2, -0.15) is 0 Å². The molecular weight excluding hydrogens is 364 g/mol. The van der Waals surface area contributed by atoms with Crippen LogP contribution in [0.3, 0.4) is 0 Å². The van der Waals surface area contributed by atoms with E-state index in [1.165, 1.54) is 6.92 Å². The number of alkyl carbamates (subject to hydrolysis) is 1. The van der Waals surface area contributed by atoms with Crippen molar-refractivity contribution in [2.45, 2.75) is 45.9 Å². The highest BCUT2D eigenvalue weighted by Crippen LogP contribution is 2.04. The Bertz CT molecular complexity index is 678. The molecule has 0 radical (unpaired) electrons. The van der Waals surface area contributed by atoms with E-state index in [1.807, 2.05) is 32.0 Å². The molecule has 4 amide bonds. The average molecular weight is 392 g/mol. The maximum atomic E-state index is 12.1. The lowest BCUT2D eigenvalue weighted by molar-refractivity contribution is -0.130. The topological polar surface area (TPSA) is 140 Å². The van der Waals surface area contributed by atoms with Gasteiger partial charge in [-0.3, -0.25) is 14.4 Å².